The topological polar surface area (TPSA) is 91.7 Å². The van der Waals surface area contributed by atoms with Gasteiger partial charge in [-0.05, 0) is 62.6 Å². The van der Waals surface area contributed by atoms with Gasteiger partial charge in [0.15, 0.2) is 5.82 Å². The SMILES string of the molecule is CCN1CCC(Nc2cc3nc(Cc4ccc(-n5cc(C)c(C)n5)nc4)[nH]c(=O)c3cc2Cl)CC1. The van der Waals surface area contributed by atoms with Crippen molar-refractivity contribution in [1.82, 2.24) is 29.6 Å². The summed E-state index contributed by atoms with van der Waals surface area (Å²) in [6, 6.07) is 7.87. The van der Waals surface area contributed by atoms with Crippen molar-refractivity contribution in [3.63, 3.8) is 0 Å². The van der Waals surface area contributed by atoms with Crippen LogP contribution in [0.4, 0.5) is 5.69 Å². The summed E-state index contributed by atoms with van der Waals surface area (Å²) in [5, 5.41) is 9.08. The van der Waals surface area contributed by atoms with Crippen molar-refractivity contribution in [3.8, 4) is 5.82 Å². The first-order valence-electron chi connectivity index (χ1n) is 12.1. The Morgan fingerprint density at radius 2 is 2.00 bits per heavy atom. The number of H-pyrrole nitrogens is 1. The van der Waals surface area contributed by atoms with Crippen LogP contribution in [0.25, 0.3) is 16.7 Å². The van der Waals surface area contributed by atoms with Gasteiger partial charge in [0.05, 0.1) is 27.3 Å². The molecule has 5 rings (SSSR count). The molecule has 0 atom stereocenters. The minimum absolute atomic E-state index is 0.193. The number of piperidine rings is 1. The van der Waals surface area contributed by atoms with Crippen molar-refractivity contribution in [2.75, 3.05) is 25.0 Å². The average Bonchev–Trinajstić information content (AvgIpc) is 3.19. The van der Waals surface area contributed by atoms with Crippen LogP contribution in [0.3, 0.4) is 0 Å². The van der Waals surface area contributed by atoms with E-state index in [1.165, 1.54) is 0 Å². The number of pyridine rings is 1. The van der Waals surface area contributed by atoms with Crippen LogP contribution >= 0.6 is 11.6 Å². The summed E-state index contributed by atoms with van der Waals surface area (Å²) in [5.74, 6) is 1.34. The number of benzene rings is 1. The molecule has 1 aliphatic rings. The number of halogens is 1. The van der Waals surface area contributed by atoms with Crippen molar-refractivity contribution in [1.29, 1.82) is 0 Å². The highest BCUT2D eigenvalue weighted by Crippen LogP contribution is 2.28. The molecule has 0 bridgehead atoms. The van der Waals surface area contributed by atoms with Crippen LogP contribution in [-0.2, 0) is 6.42 Å². The molecule has 1 aliphatic heterocycles. The zero-order valence-electron chi connectivity index (χ0n) is 20.3. The molecular formula is C26H30ClN7O. The number of nitrogens with one attached hydrogen (secondary N) is 2. The third-order valence-electron chi connectivity index (χ3n) is 6.80. The van der Waals surface area contributed by atoms with E-state index >= 15 is 0 Å². The second-order valence-electron chi connectivity index (χ2n) is 9.26. The fraction of sp³-hybridized carbons (Fsp3) is 0.385. The van der Waals surface area contributed by atoms with E-state index in [2.05, 4.69) is 32.2 Å². The molecule has 2 N–H and O–H groups in total. The molecule has 4 aromatic rings. The first-order chi connectivity index (χ1) is 16.9. The van der Waals surface area contributed by atoms with E-state index in [1.54, 1.807) is 16.9 Å². The van der Waals surface area contributed by atoms with Crippen molar-refractivity contribution in [3.05, 3.63) is 74.7 Å². The predicted octanol–water partition coefficient (Wildman–Crippen LogP) is 4.26. The highest BCUT2D eigenvalue weighted by Gasteiger charge is 2.19. The molecule has 8 nitrogen and oxygen atoms in total. The normalized spacial score (nSPS) is 15.1. The lowest BCUT2D eigenvalue weighted by molar-refractivity contribution is 0.229. The highest BCUT2D eigenvalue weighted by atomic mass is 35.5. The molecule has 0 amide bonds. The van der Waals surface area contributed by atoms with Gasteiger partial charge in [0.2, 0.25) is 0 Å². The van der Waals surface area contributed by atoms with Gasteiger partial charge in [0.25, 0.3) is 5.56 Å². The van der Waals surface area contributed by atoms with E-state index in [9.17, 15) is 4.79 Å². The Morgan fingerprint density at radius 3 is 2.66 bits per heavy atom. The van der Waals surface area contributed by atoms with Crippen LogP contribution in [-0.4, -0.2) is 55.3 Å². The summed E-state index contributed by atoms with van der Waals surface area (Å²) in [6.45, 7) is 9.44. The minimum atomic E-state index is -0.193. The lowest BCUT2D eigenvalue weighted by Gasteiger charge is -2.32. The molecule has 0 saturated carbocycles. The van der Waals surface area contributed by atoms with Gasteiger partial charge in [-0.3, -0.25) is 4.79 Å². The standard InChI is InChI=1S/C26H30ClN7O/c1-4-33-9-7-19(8-10-33)29-23-13-22-20(12-21(23)27)26(35)31-24(30-22)11-18-5-6-25(28-14-18)34-15-16(2)17(3)32-34/h5-6,12-15,19,29H,4,7-11H2,1-3H3,(H,30,31,35). The smallest absolute Gasteiger partial charge is 0.258 e. The van der Waals surface area contributed by atoms with E-state index in [0.29, 0.717) is 34.2 Å². The first-order valence-corrected chi connectivity index (χ1v) is 12.5. The average molecular weight is 492 g/mol. The van der Waals surface area contributed by atoms with Crippen LogP contribution in [0.1, 0.15) is 42.4 Å². The quantitative estimate of drug-likeness (QED) is 0.418. The Hall–Kier alpha value is -3.23. The van der Waals surface area contributed by atoms with Crippen molar-refractivity contribution in [2.45, 2.75) is 46.1 Å². The number of fused-ring (bicyclic) bond motifs is 1. The van der Waals surface area contributed by atoms with E-state index in [4.69, 9.17) is 16.6 Å². The summed E-state index contributed by atoms with van der Waals surface area (Å²) < 4.78 is 1.77. The number of anilines is 1. The molecule has 1 fully saturated rings. The fourth-order valence-corrected chi connectivity index (χ4v) is 4.75. The Morgan fingerprint density at radius 1 is 1.20 bits per heavy atom. The van der Waals surface area contributed by atoms with Gasteiger partial charge in [0, 0.05) is 37.9 Å². The number of aromatic nitrogens is 5. The van der Waals surface area contributed by atoms with Gasteiger partial charge < -0.3 is 15.2 Å². The number of nitrogens with zero attached hydrogens (tertiary/aromatic N) is 5. The second kappa shape index (κ2) is 9.79. The number of hydrogen-bond acceptors (Lipinski definition) is 6. The highest BCUT2D eigenvalue weighted by molar-refractivity contribution is 6.34. The van der Waals surface area contributed by atoms with Crippen molar-refractivity contribution < 1.29 is 0 Å². The largest absolute Gasteiger partial charge is 0.381 e. The third kappa shape index (κ3) is 5.09. The van der Waals surface area contributed by atoms with Crippen LogP contribution in [0.5, 0.6) is 0 Å². The zero-order valence-corrected chi connectivity index (χ0v) is 21.1. The van der Waals surface area contributed by atoms with Gasteiger partial charge in [-0.15, -0.1) is 0 Å². The van der Waals surface area contributed by atoms with E-state index in [0.717, 1.165) is 60.8 Å². The van der Waals surface area contributed by atoms with Crippen molar-refractivity contribution in [2.24, 2.45) is 0 Å². The molecule has 4 heterocycles. The van der Waals surface area contributed by atoms with E-state index in [-0.39, 0.29) is 5.56 Å². The number of likely N-dealkylation sites (tertiary alicyclic amines) is 1. The second-order valence-corrected chi connectivity index (χ2v) is 9.67. The summed E-state index contributed by atoms with van der Waals surface area (Å²) in [4.78, 5) is 27.4. The number of aromatic amines is 1. The van der Waals surface area contributed by atoms with Gasteiger partial charge in [-0.25, -0.2) is 14.6 Å². The summed E-state index contributed by atoms with van der Waals surface area (Å²) in [6.07, 6.45) is 6.36. The lowest BCUT2D eigenvalue weighted by atomic mass is 10.0. The first kappa shape index (κ1) is 23.5. The van der Waals surface area contributed by atoms with Crippen molar-refractivity contribution >= 4 is 28.2 Å². The molecule has 182 valence electrons. The van der Waals surface area contributed by atoms with E-state index in [1.807, 2.05) is 38.2 Å². The molecule has 3 aromatic heterocycles. The maximum absolute atomic E-state index is 12.8. The van der Waals surface area contributed by atoms with Crippen LogP contribution in [0.15, 0.2) is 41.5 Å². The summed E-state index contributed by atoms with van der Waals surface area (Å²) >= 11 is 6.53. The Kier molecular flexibility index (Phi) is 6.58. The van der Waals surface area contributed by atoms with Crippen LogP contribution < -0.4 is 10.9 Å². The Balaban J connectivity index is 1.36. The molecule has 9 heteroatoms. The van der Waals surface area contributed by atoms with Crippen LogP contribution in [0.2, 0.25) is 5.02 Å². The minimum Gasteiger partial charge on any atom is -0.381 e. The number of rotatable bonds is 6. The van der Waals surface area contributed by atoms with Gasteiger partial charge in [-0.1, -0.05) is 24.6 Å². The molecule has 0 radical (unpaired) electrons. The summed E-state index contributed by atoms with van der Waals surface area (Å²) in [7, 11) is 0. The summed E-state index contributed by atoms with van der Waals surface area (Å²) in [5.41, 5.74) is 4.32. The molecular weight excluding hydrogens is 462 g/mol. The monoisotopic (exact) mass is 491 g/mol. The van der Waals surface area contributed by atoms with Gasteiger partial charge >= 0.3 is 0 Å². The molecule has 1 aromatic carbocycles. The molecule has 1 saturated heterocycles. The molecule has 0 spiro atoms. The Labute approximate surface area is 209 Å². The van der Waals surface area contributed by atoms with Gasteiger partial charge in [0.1, 0.15) is 5.82 Å². The third-order valence-corrected chi connectivity index (χ3v) is 7.11. The van der Waals surface area contributed by atoms with E-state index < -0.39 is 0 Å². The number of hydrogen-bond donors (Lipinski definition) is 2. The fourth-order valence-electron chi connectivity index (χ4n) is 4.53. The molecule has 35 heavy (non-hydrogen) atoms. The lowest BCUT2D eigenvalue weighted by Crippen LogP contribution is -2.38. The zero-order chi connectivity index (χ0) is 24.5. The number of aryl methyl sites for hydroxylation is 2. The Bertz CT molecular complexity index is 1380. The predicted molar refractivity (Wildman–Crippen MR) is 140 cm³/mol. The van der Waals surface area contributed by atoms with Gasteiger partial charge in [-0.2, -0.15) is 5.10 Å². The van der Waals surface area contributed by atoms with Crippen LogP contribution in [0, 0.1) is 13.8 Å². The maximum Gasteiger partial charge on any atom is 0.258 e. The molecule has 0 aliphatic carbocycles. The molecule has 0 unspecified atom stereocenters. The maximum atomic E-state index is 12.8.